The zero-order chi connectivity index (χ0) is 16.1. The number of aryl methyl sites for hydroxylation is 1. The normalized spacial score (nSPS) is 20.0. The summed E-state index contributed by atoms with van der Waals surface area (Å²) in [6, 6.07) is 19.2. The van der Waals surface area contributed by atoms with Crippen LogP contribution in [0.25, 0.3) is 0 Å². The Kier molecular flexibility index (Phi) is 5.45. The average molecular weight is 311 g/mol. The molecule has 2 heteroatoms. The van der Waals surface area contributed by atoms with E-state index in [0.29, 0.717) is 6.42 Å². The molecule has 1 nitrogen and oxygen atoms in total. The lowest BCUT2D eigenvalue weighted by atomic mass is 10.0. The molecule has 2 aromatic rings. The van der Waals surface area contributed by atoms with Gasteiger partial charge in [-0.1, -0.05) is 54.6 Å². The molecule has 23 heavy (non-hydrogen) atoms. The van der Waals surface area contributed by atoms with Crippen LogP contribution in [0.15, 0.2) is 54.6 Å². The predicted molar refractivity (Wildman–Crippen MR) is 94.7 cm³/mol. The summed E-state index contributed by atoms with van der Waals surface area (Å²) in [6.45, 7) is 2.21. The molecule has 1 aliphatic rings. The number of alkyl halides is 1. The Labute approximate surface area is 139 Å². The predicted octanol–water partition coefficient (Wildman–Crippen LogP) is 4.62. The van der Waals surface area contributed by atoms with E-state index < -0.39 is 6.17 Å². The highest BCUT2D eigenvalue weighted by Gasteiger charge is 2.38. The molecule has 0 radical (unpaired) electrons. The van der Waals surface area contributed by atoms with Gasteiger partial charge in [0.2, 0.25) is 0 Å². The maximum Gasteiger partial charge on any atom is 0.108 e. The van der Waals surface area contributed by atoms with Crippen molar-refractivity contribution in [1.82, 2.24) is 4.90 Å². The number of nitrogens with zero attached hydrogens (tertiary/aromatic N) is 1. The van der Waals surface area contributed by atoms with Crippen molar-refractivity contribution >= 4 is 0 Å². The Morgan fingerprint density at radius 2 is 1.57 bits per heavy atom. The first-order chi connectivity index (χ1) is 11.2. The first-order valence-corrected chi connectivity index (χ1v) is 8.68. The lowest BCUT2D eigenvalue weighted by Gasteiger charge is -2.16. The standard InChI is InChI=1S/C21H26FN/c1-23(15-13-17-6-3-2-4-7-17)14-5-8-18-9-11-19(12-10-18)20-16-21(20)22/h2-4,6-7,9-12,20-21H,5,8,13-16H2,1H3. The fourth-order valence-corrected chi connectivity index (χ4v) is 3.07. The molecule has 0 heterocycles. The van der Waals surface area contributed by atoms with Crippen molar-refractivity contribution in [2.75, 3.05) is 20.1 Å². The van der Waals surface area contributed by atoms with Gasteiger partial charge in [-0.15, -0.1) is 0 Å². The summed E-state index contributed by atoms with van der Waals surface area (Å²) in [6.07, 6.45) is 3.49. The topological polar surface area (TPSA) is 3.24 Å². The van der Waals surface area contributed by atoms with Crippen molar-refractivity contribution in [1.29, 1.82) is 0 Å². The highest BCUT2D eigenvalue weighted by Crippen LogP contribution is 2.43. The molecule has 0 amide bonds. The van der Waals surface area contributed by atoms with Gasteiger partial charge in [-0.3, -0.25) is 0 Å². The van der Waals surface area contributed by atoms with Crippen molar-refractivity contribution in [2.45, 2.75) is 37.8 Å². The Bertz CT molecular complexity index is 593. The number of halogens is 1. The molecule has 0 aromatic heterocycles. The SMILES string of the molecule is CN(CCCc1ccc(C2CC2F)cc1)CCc1ccccc1. The van der Waals surface area contributed by atoms with Crippen molar-refractivity contribution < 1.29 is 4.39 Å². The second kappa shape index (κ2) is 7.74. The second-order valence-electron chi connectivity index (χ2n) is 6.74. The smallest absolute Gasteiger partial charge is 0.108 e. The Balaban J connectivity index is 1.35. The molecule has 0 saturated heterocycles. The number of rotatable bonds is 8. The van der Waals surface area contributed by atoms with Crippen molar-refractivity contribution in [2.24, 2.45) is 0 Å². The summed E-state index contributed by atoms with van der Waals surface area (Å²) in [5.74, 6) is 0.174. The van der Waals surface area contributed by atoms with E-state index in [2.05, 4.69) is 66.5 Å². The summed E-state index contributed by atoms with van der Waals surface area (Å²) in [5, 5.41) is 0. The minimum Gasteiger partial charge on any atom is -0.306 e. The van der Waals surface area contributed by atoms with Gasteiger partial charge in [-0.25, -0.2) is 4.39 Å². The van der Waals surface area contributed by atoms with Gasteiger partial charge in [0.05, 0.1) is 0 Å². The summed E-state index contributed by atoms with van der Waals surface area (Å²) in [7, 11) is 2.19. The van der Waals surface area contributed by atoms with Gasteiger partial charge in [0, 0.05) is 12.5 Å². The lowest BCUT2D eigenvalue weighted by Crippen LogP contribution is -2.22. The molecule has 1 saturated carbocycles. The highest BCUT2D eigenvalue weighted by atomic mass is 19.1. The van der Waals surface area contributed by atoms with E-state index in [1.165, 1.54) is 23.1 Å². The molecule has 0 aliphatic heterocycles. The fourth-order valence-electron chi connectivity index (χ4n) is 3.07. The first kappa shape index (κ1) is 16.2. The van der Waals surface area contributed by atoms with Crippen LogP contribution >= 0.6 is 0 Å². The van der Waals surface area contributed by atoms with Gasteiger partial charge in [-0.2, -0.15) is 0 Å². The quantitative estimate of drug-likeness (QED) is 0.687. The van der Waals surface area contributed by atoms with Crippen LogP contribution in [0.2, 0.25) is 0 Å². The van der Waals surface area contributed by atoms with E-state index in [-0.39, 0.29) is 5.92 Å². The van der Waals surface area contributed by atoms with Crippen LogP contribution in [0, 0.1) is 0 Å². The molecule has 3 rings (SSSR count). The largest absolute Gasteiger partial charge is 0.306 e. The van der Waals surface area contributed by atoms with Crippen LogP contribution in [0.4, 0.5) is 4.39 Å². The summed E-state index contributed by atoms with van der Waals surface area (Å²) < 4.78 is 13.0. The van der Waals surface area contributed by atoms with Crippen LogP contribution < -0.4 is 0 Å². The molecular formula is C21H26FN. The van der Waals surface area contributed by atoms with Gasteiger partial charge in [-0.05, 0) is 56.0 Å². The summed E-state index contributed by atoms with van der Waals surface area (Å²) in [4.78, 5) is 2.40. The van der Waals surface area contributed by atoms with Crippen LogP contribution in [-0.4, -0.2) is 31.2 Å². The van der Waals surface area contributed by atoms with Crippen molar-refractivity contribution in [3.63, 3.8) is 0 Å². The van der Waals surface area contributed by atoms with E-state index in [9.17, 15) is 4.39 Å². The van der Waals surface area contributed by atoms with Crippen LogP contribution in [0.5, 0.6) is 0 Å². The Morgan fingerprint density at radius 3 is 2.22 bits per heavy atom. The summed E-state index contributed by atoms with van der Waals surface area (Å²) in [5.41, 5.74) is 3.93. The van der Waals surface area contributed by atoms with Gasteiger partial charge in [0.25, 0.3) is 0 Å². The summed E-state index contributed by atoms with van der Waals surface area (Å²) >= 11 is 0. The molecule has 0 spiro atoms. The number of likely N-dealkylation sites (N-methyl/N-ethyl adjacent to an activating group) is 1. The number of hydrogen-bond acceptors (Lipinski definition) is 1. The molecule has 122 valence electrons. The van der Waals surface area contributed by atoms with E-state index in [0.717, 1.165) is 25.9 Å². The van der Waals surface area contributed by atoms with E-state index in [1.807, 2.05) is 0 Å². The average Bonchev–Trinajstić information content (AvgIpc) is 3.31. The van der Waals surface area contributed by atoms with E-state index in [1.54, 1.807) is 0 Å². The van der Waals surface area contributed by atoms with Crippen molar-refractivity contribution in [3.8, 4) is 0 Å². The third-order valence-corrected chi connectivity index (χ3v) is 4.75. The molecule has 2 aromatic carbocycles. The van der Waals surface area contributed by atoms with Gasteiger partial charge in [0.1, 0.15) is 6.17 Å². The zero-order valence-corrected chi connectivity index (χ0v) is 13.9. The molecule has 1 fully saturated rings. The van der Waals surface area contributed by atoms with Crippen LogP contribution in [0.1, 0.15) is 35.4 Å². The maximum atomic E-state index is 13.0. The fraction of sp³-hybridized carbons (Fsp3) is 0.429. The lowest BCUT2D eigenvalue weighted by molar-refractivity contribution is 0.333. The minimum atomic E-state index is -0.598. The van der Waals surface area contributed by atoms with Gasteiger partial charge >= 0.3 is 0 Å². The Hall–Kier alpha value is -1.67. The number of hydrogen-bond donors (Lipinski definition) is 0. The van der Waals surface area contributed by atoms with Gasteiger partial charge in [0.15, 0.2) is 0 Å². The Morgan fingerprint density at radius 1 is 0.913 bits per heavy atom. The molecule has 1 aliphatic carbocycles. The van der Waals surface area contributed by atoms with Crippen LogP contribution in [-0.2, 0) is 12.8 Å². The number of benzene rings is 2. The molecular weight excluding hydrogens is 285 g/mol. The molecule has 0 N–H and O–H groups in total. The first-order valence-electron chi connectivity index (χ1n) is 8.68. The van der Waals surface area contributed by atoms with Crippen LogP contribution in [0.3, 0.4) is 0 Å². The third-order valence-electron chi connectivity index (χ3n) is 4.75. The zero-order valence-electron chi connectivity index (χ0n) is 13.9. The molecule has 2 atom stereocenters. The van der Waals surface area contributed by atoms with Gasteiger partial charge < -0.3 is 4.90 Å². The molecule has 0 bridgehead atoms. The van der Waals surface area contributed by atoms with Crippen molar-refractivity contribution in [3.05, 3.63) is 71.3 Å². The minimum absolute atomic E-state index is 0.174. The van der Waals surface area contributed by atoms with E-state index in [4.69, 9.17) is 0 Å². The second-order valence-corrected chi connectivity index (χ2v) is 6.74. The van der Waals surface area contributed by atoms with E-state index >= 15 is 0 Å². The third kappa shape index (κ3) is 4.90. The maximum absolute atomic E-state index is 13.0. The monoisotopic (exact) mass is 311 g/mol. The molecule has 2 unspecified atom stereocenters. The highest BCUT2D eigenvalue weighted by molar-refractivity contribution is 5.30.